The van der Waals surface area contributed by atoms with Crippen molar-refractivity contribution in [3.63, 3.8) is 0 Å². The summed E-state index contributed by atoms with van der Waals surface area (Å²) in [5.74, 6) is -0.977. The smallest absolute Gasteiger partial charge is 0.252 e. The Hall–Kier alpha value is -2.40. The maximum absolute atomic E-state index is 13.3. The number of nitrogens with zero attached hydrogens (tertiary/aromatic N) is 1. The second kappa shape index (κ2) is 7.74. The molecule has 0 saturated carbocycles. The van der Waals surface area contributed by atoms with E-state index in [1.54, 1.807) is 30.3 Å². The number of amides is 2. The minimum Gasteiger partial charge on any atom is -0.350 e. The molecule has 2 amide bonds. The maximum atomic E-state index is 13.3. The van der Waals surface area contributed by atoms with Crippen LogP contribution in [0.3, 0.4) is 0 Å². The lowest BCUT2D eigenvalue weighted by Crippen LogP contribution is -2.37. The standard InChI is InChI=1S/C17H16ClFN2O2/c1-12(22)21(14-6-4-5-13(19)11-14)10-9-20-17(23)15-7-2-3-8-16(15)18/h2-8,11H,9-10H2,1H3,(H,20,23). The molecule has 0 atom stereocenters. The predicted molar refractivity (Wildman–Crippen MR) is 88.2 cm³/mol. The molecule has 0 unspecified atom stereocenters. The number of anilines is 1. The van der Waals surface area contributed by atoms with Gasteiger partial charge in [0.2, 0.25) is 5.91 Å². The molecule has 0 fully saturated rings. The van der Waals surface area contributed by atoms with Gasteiger partial charge in [-0.1, -0.05) is 29.8 Å². The first-order valence-electron chi connectivity index (χ1n) is 7.05. The van der Waals surface area contributed by atoms with Crippen molar-refractivity contribution < 1.29 is 14.0 Å². The van der Waals surface area contributed by atoms with Gasteiger partial charge in [-0.05, 0) is 30.3 Å². The molecular formula is C17H16ClFN2O2. The molecule has 0 spiro atoms. The van der Waals surface area contributed by atoms with Gasteiger partial charge < -0.3 is 10.2 Å². The summed E-state index contributed by atoms with van der Waals surface area (Å²) in [6.45, 7) is 1.84. The quantitative estimate of drug-likeness (QED) is 0.912. The lowest BCUT2D eigenvalue weighted by atomic mass is 10.2. The lowest BCUT2D eigenvalue weighted by Gasteiger charge is -2.21. The highest BCUT2D eigenvalue weighted by Crippen LogP contribution is 2.16. The number of hydrogen-bond donors (Lipinski definition) is 1. The Morgan fingerprint density at radius 3 is 2.57 bits per heavy atom. The molecule has 2 aromatic carbocycles. The molecule has 0 radical (unpaired) electrons. The number of rotatable bonds is 5. The molecule has 0 heterocycles. The van der Waals surface area contributed by atoms with Crippen LogP contribution >= 0.6 is 11.6 Å². The van der Waals surface area contributed by atoms with Gasteiger partial charge in [0, 0.05) is 25.7 Å². The van der Waals surface area contributed by atoms with E-state index in [0.717, 1.165) is 0 Å². The second-order valence-corrected chi connectivity index (χ2v) is 5.29. The minimum atomic E-state index is -0.422. The van der Waals surface area contributed by atoms with Crippen LogP contribution in [-0.4, -0.2) is 24.9 Å². The fourth-order valence-electron chi connectivity index (χ4n) is 2.13. The van der Waals surface area contributed by atoms with Gasteiger partial charge in [0.25, 0.3) is 5.91 Å². The molecule has 2 aromatic rings. The van der Waals surface area contributed by atoms with Crippen LogP contribution in [0.4, 0.5) is 10.1 Å². The van der Waals surface area contributed by atoms with E-state index in [1.165, 1.54) is 30.0 Å². The summed E-state index contributed by atoms with van der Waals surface area (Å²) in [5.41, 5.74) is 0.818. The van der Waals surface area contributed by atoms with Crippen molar-refractivity contribution in [3.8, 4) is 0 Å². The molecule has 4 nitrogen and oxygen atoms in total. The van der Waals surface area contributed by atoms with Crippen LogP contribution in [0.2, 0.25) is 5.02 Å². The molecule has 120 valence electrons. The zero-order valence-electron chi connectivity index (χ0n) is 12.6. The SMILES string of the molecule is CC(=O)N(CCNC(=O)c1ccccc1Cl)c1cccc(F)c1. The number of nitrogens with one attached hydrogen (secondary N) is 1. The van der Waals surface area contributed by atoms with Crippen LogP contribution in [0.25, 0.3) is 0 Å². The van der Waals surface area contributed by atoms with E-state index >= 15 is 0 Å². The first-order valence-corrected chi connectivity index (χ1v) is 7.43. The first kappa shape index (κ1) is 17.0. The van der Waals surface area contributed by atoms with Crippen LogP contribution in [0, 0.1) is 5.82 Å². The van der Waals surface area contributed by atoms with Gasteiger partial charge in [-0.15, -0.1) is 0 Å². The van der Waals surface area contributed by atoms with E-state index < -0.39 is 5.82 Å². The molecule has 0 aliphatic rings. The molecule has 0 aromatic heterocycles. The van der Waals surface area contributed by atoms with Crippen molar-refractivity contribution in [2.45, 2.75) is 6.92 Å². The van der Waals surface area contributed by atoms with Crippen LogP contribution in [0.1, 0.15) is 17.3 Å². The topological polar surface area (TPSA) is 49.4 Å². The van der Waals surface area contributed by atoms with Crippen molar-refractivity contribution in [1.82, 2.24) is 5.32 Å². The molecular weight excluding hydrogens is 319 g/mol. The molecule has 6 heteroatoms. The minimum absolute atomic E-state index is 0.222. The molecule has 2 rings (SSSR count). The Bertz CT molecular complexity index is 721. The Morgan fingerprint density at radius 2 is 1.91 bits per heavy atom. The Kier molecular flexibility index (Phi) is 5.71. The number of carbonyl (C=O) groups excluding carboxylic acids is 2. The molecule has 23 heavy (non-hydrogen) atoms. The summed E-state index contributed by atoms with van der Waals surface area (Å²) in [6, 6.07) is 12.5. The number of halogens is 2. The third-order valence-electron chi connectivity index (χ3n) is 3.24. The average Bonchev–Trinajstić information content (AvgIpc) is 2.51. The van der Waals surface area contributed by atoms with E-state index in [1.807, 2.05) is 0 Å². The summed E-state index contributed by atoms with van der Waals surface area (Å²) in [6.07, 6.45) is 0. The van der Waals surface area contributed by atoms with Gasteiger partial charge in [-0.2, -0.15) is 0 Å². The number of hydrogen-bond acceptors (Lipinski definition) is 2. The number of carbonyl (C=O) groups is 2. The van der Waals surface area contributed by atoms with E-state index in [4.69, 9.17) is 11.6 Å². The zero-order valence-corrected chi connectivity index (χ0v) is 13.3. The van der Waals surface area contributed by atoms with Crippen LogP contribution in [-0.2, 0) is 4.79 Å². The molecule has 0 saturated heterocycles. The average molecular weight is 335 g/mol. The fourth-order valence-corrected chi connectivity index (χ4v) is 2.36. The van der Waals surface area contributed by atoms with Crippen molar-refractivity contribution in [2.24, 2.45) is 0 Å². The predicted octanol–water partition coefficient (Wildman–Crippen LogP) is 3.26. The summed E-state index contributed by atoms with van der Waals surface area (Å²) >= 11 is 5.96. The summed E-state index contributed by atoms with van der Waals surface area (Å²) in [7, 11) is 0. The Balaban J connectivity index is 1.99. The largest absolute Gasteiger partial charge is 0.350 e. The third kappa shape index (κ3) is 4.53. The monoisotopic (exact) mass is 334 g/mol. The normalized spacial score (nSPS) is 10.2. The van der Waals surface area contributed by atoms with Gasteiger partial charge >= 0.3 is 0 Å². The summed E-state index contributed by atoms with van der Waals surface area (Å²) < 4.78 is 13.3. The van der Waals surface area contributed by atoms with Crippen LogP contribution in [0.5, 0.6) is 0 Å². The Labute approximate surface area is 138 Å². The van der Waals surface area contributed by atoms with Crippen LogP contribution in [0.15, 0.2) is 48.5 Å². The second-order valence-electron chi connectivity index (χ2n) is 4.89. The van der Waals surface area contributed by atoms with Crippen LogP contribution < -0.4 is 10.2 Å². The highest BCUT2D eigenvalue weighted by atomic mass is 35.5. The van der Waals surface area contributed by atoms with Gasteiger partial charge in [0.15, 0.2) is 0 Å². The summed E-state index contributed by atoms with van der Waals surface area (Å²) in [4.78, 5) is 25.2. The van der Waals surface area contributed by atoms with Gasteiger partial charge in [0.05, 0.1) is 10.6 Å². The summed E-state index contributed by atoms with van der Waals surface area (Å²) in [5, 5.41) is 3.06. The molecule has 0 aliphatic heterocycles. The number of benzene rings is 2. The fraction of sp³-hybridized carbons (Fsp3) is 0.176. The van der Waals surface area contributed by atoms with Gasteiger partial charge in [-0.25, -0.2) is 4.39 Å². The Morgan fingerprint density at radius 1 is 1.17 bits per heavy atom. The van der Waals surface area contributed by atoms with E-state index in [-0.39, 0.29) is 24.9 Å². The first-order chi connectivity index (χ1) is 11.0. The van der Waals surface area contributed by atoms with Gasteiger partial charge in [-0.3, -0.25) is 9.59 Å². The van der Waals surface area contributed by atoms with E-state index in [0.29, 0.717) is 16.3 Å². The van der Waals surface area contributed by atoms with E-state index in [9.17, 15) is 14.0 Å². The van der Waals surface area contributed by atoms with Crippen molar-refractivity contribution in [1.29, 1.82) is 0 Å². The zero-order chi connectivity index (χ0) is 16.8. The molecule has 0 aliphatic carbocycles. The highest BCUT2D eigenvalue weighted by Gasteiger charge is 2.13. The van der Waals surface area contributed by atoms with Crippen molar-refractivity contribution in [2.75, 3.05) is 18.0 Å². The maximum Gasteiger partial charge on any atom is 0.252 e. The highest BCUT2D eigenvalue weighted by molar-refractivity contribution is 6.33. The molecule has 0 bridgehead atoms. The van der Waals surface area contributed by atoms with Crippen molar-refractivity contribution in [3.05, 3.63) is 64.9 Å². The lowest BCUT2D eigenvalue weighted by molar-refractivity contribution is -0.116. The van der Waals surface area contributed by atoms with Gasteiger partial charge in [0.1, 0.15) is 5.82 Å². The molecule has 1 N–H and O–H groups in total. The van der Waals surface area contributed by atoms with E-state index in [2.05, 4.69) is 5.32 Å². The van der Waals surface area contributed by atoms with Crippen molar-refractivity contribution >= 4 is 29.1 Å². The third-order valence-corrected chi connectivity index (χ3v) is 3.57.